The Morgan fingerprint density at radius 2 is 1.77 bits per heavy atom. The molecule has 0 bridgehead atoms. The molecule has 1 heterocycles. The minimum absolute atomic E-state index is 0.0317. The molecule has 0 radical (unpaired) electrons. The van der Waals surface area contributed by atoms with Crippen LogP contribution in [0.4, 0.5) is 0 Å². The molecular formula is C29H27N3O3. The highest BCUT2D eigenvalue weighted by Gasteiger charge is 2.24. The number of aromatic nitrogens is 2. The van der Waals surface area contributed by atoms with Gasteiger partial charge >= 0.3 is 5.97 Å². The van der Waals surface area contributed by atoms with Crippen LogP contribution in [0.3, 0.4) is 0 Å². The maximum Gasteiger partial charge on any atom is 0.358 e. The van der Waals surface area contributed by atoms with Crippen molar-refractivity contribution < 1.29 is 14.3 Å². The van der Waals surface area contributed by atoms with Crippen molar-refractivity contribution >= 4 is 11.9 Å². The van der Waals surface area contributed by atoms with E-state index in [4.69, 9.17) is 4.74 Å². The summed E-state index contributed by atoms with van der Waals surface area (Å²) in [4.78, 5) is 25.4. The van der Waals surface area contributed by atoms with Crippen LogP contribution in [0.15, 0.2) is 78.9 Å². The van der Waals surface area contributed by atoms with Gasteiger partial charge < -0.3 is 10.1 Å². The number of amides is 1. The second kappa shape index (κ2) is 9.58. The van der Waals surface area contributed by atoms with E-state index >= 15 is 0 Å². The van der Waals surface area contributed by atoms with Crippen LogP contribution in [0.1, 0.15) is 56.9 Å². The Balaban J connectivity index is 1.43. The Labute approximate surface area is 204 Å². The maximum absolute atomic E-state index is 13.0. The van der Waals surface area contributed by atoms with Gasteiger partial charge in [-0.15, -0.1) is 0 Å². The van der Waals surface area contributed by atoms with E-state index in [9.17, 15) is 9.59 Å². The molecule has 3 aromatic carbocycles. The normalized spacial score (nSPS) is 14.4. The average molecular weight is 466 g/mol. The van der Waals surface area contributed by atoms with E-state index in [1.54, 1.807) is 29.8 Å². The first-order valence-electron chi connectivity index (χ1n) is 11.9. The van der Waals surface area contributed by atoms with Crippen LogP contribution in [0, 0.1) is 6.92 Å². The highest BCUT2D eigenvalue weighted by Crippen LogP contribution is 2.31. The van der Waals surface area contributed by atoms with Gasteiger partial charge in [-0.2, -0.15) is 5.10 Å². The third-order valence-corrected chi connectivity index (χ3v) is 6.43. The minimum atomic E-state index is -0.464. The fraction of sp³-hybridized carbons (Fsp3) is 0.207. The first-order chi connectivity index (χ1) is 17.0. The smallest absolute Gasteiger partial charge is 0.358 e. The lowest BCUT2D eigenvalue weighted by atomic mass is 10.1. The zero-order chi connectivity index (χ0) is 24.4. The summed E-state index contributed by atoms with van der Waals surface area (Å²) in [6.45, 7) is 4.07. The van der Waals surface area contributed by atoms with Crippen LogP contribution in [0.5, 0.6) is 0 Å². The van der Waals surface area contributed by atoms with Gasteiger partial charge in [0.05, 0.1) is 24.0 Å². The number of aryl methyl sites for hydroxylation is 2. The third kappa shape index (κ3) is 4.47. The molecule has 0 fully saturated rings. The molecule has 1 N–H and O–H groups in total. The first kappa shape index (κ1) is 22.6. The van der Waals surface area contributed by atoms with Gasteiger partial charge in [-0.25, -0.2) is 9.48 Å². The molecule has 1 aromatic heterocycles. The number of fused-ring (bicyclic) bond motifs is 1. The highest BCUT2D eigenvalue weighted by atomic mass is 16.5. The zero-order valence-electron chi connectivity index (χ0n) is 19.8. The summed E-state index contributed by atoms with van der Waals surface area (Å²) < 4.78 is 6.90. The molecule has 0 saturated carbocycles. The van der Waals surface area contributed by atoms with Gasteiger partial charge in [0.2, 0.25) is 0 Å². The molecule has 6 heteroatoms. The van der Waals surface area contributed by atoms with Crippen molar-refractivity contribution in [2.45, 2.75) is 32.7 Å². The highest BCUT2D eigenvalue weighted by molar-refractivity contribution is 5.95. The molecule has 0 saturated heterocycles. The van der Waals surface area contributed by atoms with E-state index in [1.165, 1.54) is 11.1 Å². The summed E-state index contributed by atoms with van der Waals surface area (Å²) in [5, 5.41) is 7.71. The summed E-state index contributed by atoms with van der Waals surface area (Å²) in [6, 6.07) is 25.3. The van der Waals surface area contributed by atoms with Crippen LogP contribution in [0.25, 0.3) is 16.9 Å². The van der Waals surface area contributed by atoms with Crippen LogP contribution in [-0.2, 0) is 11.2 Å². The standard InChI is InChI=1S/C29H27N3O3/c1-3-35-29(34)26-18-27(23-10-6-4-8-19(23)2)32(31-26)22-15-12-21(13-16-22)28(33)30-25-17-14-20-9-5-7-11-24(20)25/h4-13,15-16,18,25H,3,14,17H2,1-2H3,(H,30,33)/t25-/m0/s1. The van der Waals surface area contributed by atoms with Crippen LogP contribution >= 0.6 is 0 Å². The Kier molecular flexibility index (Phi) is 6.19. The second-order valence-electron chi connectivity index (χ2n) is 8.67. The second-order valence-corrected chi connectivity index (χ2v) is 8.67. The number of nitrogens with one attached hydrogen (secondary N) is 1. The number of ether oxygens (including phenoxy) is 1. The first-order valence-corrected chi connectivity index (χ1v) is 11.9. The topological polar surface area (TPSA) is 73.2 Å². The molecule has 1 aliphatic carbocycles. The van der Waals surface area contributed by atoms with Gasteiger partial charge in [0.25, 0.3) is 5.91 Å². The van der Waals surface area contributed by atoms with Gasteiger partial charge in [-0.05, 0) is 73.7 Å². The lowest BCUT2D eigenvalue weighted by Gasteiger charge is -2.15. The third-order valence-electron chi connectivity index (χ3n) is 6.43. The summed E-state index contributed by atoms with van der Waals surface area (Å²) in [5.74, 6) is -0.570. The summed E-state index contributed by atoms with van der Waals surface area (Å²) in [7, 11) is 0. The summed E-state index contributed by atoms with van der Waals surface area (Å²) in [5.41, 5.74) is 6.89. The van der Waals surface area contributed by atoms with Gasteiger partial charge in [0, 0.05) is 11.1 Å². The van der Waals surface area contributed by atoms with Gasteiger partial charge in [0.1, 0.15) is 0 Å². The zero-order valence-corrected chi connectivity index (χ0v) is 19.8. The fourth-order valence-electron chi connectivity index (χ4n) is 4.64. The predicted molar refractivity (Wildman–Crippen MR) is 135 cm³/mol. The molecule has 1 aliphatic rings. The molecule has 1 atom stereocenters. The van der Waals surface area contributed by atoms with E-state index in [-0.39, 0.29) is 24.2 Å². The molecular weight excluding hydrogens is 438 g/mol. The van der Waals surface area contributed by atoms with E-state index in [0.717, 1.165) is 35.3 Å². The van der Waals surface area contributed by atoms with Gasteiger partial charge in [-0.1, -0.05) is 48.5 Å². The van der Waals surface area contributed by atoms with E-state index in [2.05, 4.69) is 22.5 Å². The minimum Gasteiger partial charge on any atom is -0.461 e. The number of nitrogens with zero attached hydrogens (tertiary/aromatic N) is 2. The summed E-state index contributed by atoms with van der Waals surface area (Å²) in [6.07, 6.45) is 1.89. The molecule has 4 aromatic rings. The molecule has 6 nitrogen and oxygen atoms in total. The lowest BCUT2D eigenvalue weighted by Crippen LogP contribution is -2.27. The van der Waals surface area contributed by atoms with E-state index in [1.807, 2.05) is 55.5 Å². The Bertz CT molecular complexity index is 1390. The van der Waals surface area contributed by atoms with Crippen LogP contribution < -0.4 is 5.32 Å². The molecule has 0 unspecified atom stereocenters. The van der Waals surface area contributed by atoms with E-state index < -0.39 is 5.97 Å². The number of rotatable bonds is 6. The van der Waals surface area contributed by atoms with Crippen molar-refractivity contribution in [2.24, 2.45) is 0 Å². The van der Waals surface area contributed by atoms with Crippen molar-refractivity contribution in [2.75, 3.05) is 6.61 Å². The molecule has 1 amide bonds. The van der Waals surface area contributed by atoms with E-state index in [0.29, 0.717) is 5.56 Å². The maximum atomic E-state index is 13.0. The van der Waals surface area contributed by atoms with Crippen molar-refractivity contribution in [3.05, 3.63) is 107 Å². The monoisotopic (exact) mass is 465 g/mol. The quantitative estimate of drug-likeness (QED) is 0.385. The fourth-order valence-corrected chi connectivity index (χ4v) is 4.64. The van der Waals surface area contributed by atoms with Crippen molar-refractivity contribution in [1.82, 2.24) is 15.1 Å². The van der Waals surface area contributed by atoms with Crippen molar-refractivity contribution in [1.29, 1.82) is 0 Å². The molecule has 35 heavy (non-hydrogen) atoms. The number of benzene rings is 3. The molecule has 0 spiro atoms. The van der Waals surface area contributed by atoms with Crippen molar-refractivity contribution in [3.63, 3.8) is 0 Å². The average Bonchev–Trinajstić information content (AvgIpc) is 3.50. The Hall–Kier alpha value is -4.19. The molecule has 0 aliphatic heterocycles. The number of carbonyl (C=O) groups is 2. The van der Waals surface area contributed by atoms with Gasteiger partial charge in [0.15, 0.2) is 5.69 Å². The molecule has 176 valence electrons. The van der Waals surface area contributed by atoms with Crippen LogP contribution in [0.2, 0.25) is 0 Å². The number of carbonyl (C=O) groups excluding carboxylic acids is 2. The number of esters is 1. The largest absolute Gasteiger partial charge is 0.461 e. The predicted octanol–water partition coefficient (Wildman–Crippen LogP) is 5.44. The van der Waals surface area contributed by atoms with Crippen molar-refractivity contribution in [3.8, 4) is 16.9 Å². The lowest BCUT2D eigenvalue weighted by molar-refractivity contribution is 0.0518. The van der Waals surface area contributed by atoms with Crippen LogP contribution in [-0.4, -0.2) is 28.3 Å². The Morgan fingerprint density at radius 3 is 2.54 bits per heavy atom. The number of hydrogen-bond acceptors (Lipinski definition) is 4. The van der Waals surface area contributed by atoms with Gasteiger partial charge in [-0.3, -0.25) is 4.79 Å². The summed E-state index contributed by atoms with van der Waals surface area (Å²) >= 11 is 0. The molecule has 5 rings (SSSR count). The Morgan fingerprint density at radius 1 is 1.03 bits per heavy atom. The number of hydrogen-bond donors (Lipinski definition) is 1. The SMILES string of the molecule is CCOC(=O)c1cc(-c2ccccc2C)n(-c2ccc(C(=O)N[C@H]3CCc4ccccc43)cc2)n1.